The molecule has 0 aliphatic rings. The predicted molar refractivity (Wildman–Crippen MR) is 118 cm³/mol. The Morgan fingerprint density at radius 1 is 1.06 bits per heavy atom. The lowest BCUT2D eigenvalue weighted by molar-refractivity contribution is -0.137. The first-order valence-corrected chi connectivity index (χ1v) is 10.1. The topological polar surface area (TPSA) is 71.5 Å². The van der Waals surface area contributed by atoms with Gasteiger partial charge in [0.25, 0.3) is 5.91 Å². The van der Waals surface area contributed by atoms with E-state index in [4.69, 9.17) is 27.9 Å². The molecule has 33 heavy (non-hydrogen) atoms. The van der Waals surface area contributed by atoms with Crippen LogP contribution in [0, 0.1) is 6.92 Å². The second kappa shape index (κ2) is 9.68. The molecule has 0 saturated carbocycles. The van der Waals surface area contributed by atoms with Crippen LogP contribution in [0.1, 0.15) is 21.5 Å². The number of amides is 3. The molecule has 0 aliphatic heterocycles. The van der Waals surface area contributed by atoms with Crippen LogP contribution in [0.3, 0.4) is 0 Å². The van der Waals surface area contributed by atoms with Gasteiger partial charge < -0.3 is 4.74 Å². The van der Waals surface area contributed by atoms with Crippen molar-refractivity contribution in [1.82, 2.24) is 10.3 Å². The SMILES string of the molecule is Cc1cc(N(C)C(=O)NC(=O)c2ccccc2Cl)ccc1Oc1ncc(C(F)(F)F)cc1Cl. The molecule has 0 radical (unpaired) electrons. The van der Waals surface area contributed by atoms with Crippen molar-refractivity contribution in [2.24, 2.45) is 0 Å². The standard InChI is InChI=1S/C22H16Cl2F3N3O3/c1-12-9-14(30(2)21(32)29-19(31)15-5-3-4-6-16(15)23)7-8-18(12)33-20-17(24)10-13(11-28-20)22(25,26)27/h3-11H,1-2H3,(H,29,31,32). The highest BCUT2D eigenvalue weighted by Crippen LogP contribution is 2.36. The maximum absolute atomic E-state index is 12.8. The summed E-state index contributed by atoms with van der Waals surface area (Å²) in [7, 11) is 1.46. The van der Waals surface area contributed by atoms with Crippen LogP contribution < -0.4 is 15.0 Å². The second-order valence-corrected chi connectivity index (χ2v) is 7.67. The fourth-order valence-corrected chi connectivity index (χ4v) is 3.15. The van der Waals surface area contributed by atoms with Gasteiger partial charge in [0.2, 0.25) is 5.88 Å². The zero-order valence-corrected chi connectivity index (χ0v) is 18.7. The summed E-state index contributed by atoms with van der Waals surface area (Å²) in [6, 6.07) is 10.9. The summed E-state index contributed by atoms with van der Waals surface area (Å²) in [4.78, 5) is 29.6. The monoisotopic (exact) mass is 497 g/mol. The number of aryl methyl sites for hydroxylation is 1. The Morgan fingerprint density at radius 2 is 1.76 bits per heavy atom. The van der Waals surface area contributed by atoms with Crippen molar-refractivity contribution < 1.29 is 27.5 Å². The number of rotatable bonds is 4. The molecule has 3 aromatic rings. The van der Waals surface area contributed by atoms with Gasteiger partial charge in [0.15, 0.2) is 0 Å². The first-order chi connectivity index (χ1) is 15.5. The van der Waals surface area contributed by atoms with Gasteiger partial charge in [-0.15, -0.1) is 0 Å². The molecule has 1 N–H and O–H groups in total. The van der Waals surface area contributed by atoms with Crippen molar-refractivity contribution in [3.8, 4) is 11.6 Å². The molecule has 11 heteroatoms. The van der Waals surface area contributed by atoms with E-state index in [-0.39, 0.29) is 27.2 Å². The number of benzene rings is 2. The van der Waals surface area contributed by atoms with Gasteiger partial charge in [-0.25, -0.2) is 9.78 Å². The molecule has 3 amide bonds. The molecule has 0 aliphatic carbocycles. The number of ether oxygens (including phenoxy) is 1. The van der Waals surface area contributed by atoms with E-state index in [9.17, 15) is 22.8 Å². The molecule has 172 valence electrons. The lowest BCUT2D eigenvalue weighted by Gasteiger charge is -2.19. The lowest BCUT2D eigenvalue weighted by atomic mass is 10.2. The van der Waals surface area contributed by atoms with Gasteiger partial charge in [0.05, 0.1) is 16.1 Å². The third-order valence-corrected chi connectivity index (χ3v) is 5.13. The maximum Gasteiger partial charge on any atom is 0.417 e. The zero-order valence-electron chi connectivity index (χ0n) is 17.2. The average Bonchev–Trinajstić information content (AvgIpc) is 2.75. The molecule has 0 fully saturated rings. The Balaban J connectivity index is 1.73. The van der Waals surface area contributed by atoms with E-state index in [1.807, 2.05) is 0 Å². The van der Waals surface area contributed by atoms with Gasteiger partial charge >= 0.3 is 12.2 Å². The van der Waals surface area contributed by atoms with Crippen LogP contribution in [0.2, 0.25) is 10.0 Å². The van der Waals surface area contributed by atoms with Crippen molar-refractivity contribution in [3.63, 3.8) is 0 Å². The van der Waals surface area contributed by atoms with E-state index < -0.39 is 23.7 Å². The molecule has 1 aromatic heterocycles. The summed E-state index contributed by atoms with van der Waals surface area (Å²) in [5, 5.41) is 2.15. The number of nitrogens with zero attached hydrogens (tertiary/aromatic N) is 2. The molecule has 6 nitrogen and oxygen atoms in total. The van der Waals surface area contributed by atoms with Gasteiger partial charge in [0, 0.05) is 18.9 Å². The number of halogens is 5. The third-order valence-electron chi connectivity index (χ3n) is 4.53. The number of imide groups is 1. The molecule has 3 rings (SSSR count). The highest BCUT2D eigenvalue weighted by atomic mass is 35.5. The van der Waals surface area contributed by atoms with Crippen molar-refractivity contribution in [3.05, 3.63) is 81.5 Å². The second-order valence-electron chi connectivity index (χ2n) is 6.86. The Kier molecular flexibility index (Phi) is 7.14. The quantitative estimate of drug-likeness (QED) is 0.446. The van der Waals surface area contributed by atoms with Crippen molar-refractivity contribution in [2.75, 3.05) is 11.9 Å². The third kappa shape index (κ3) is 5.74. The van der Waals surface area contributed by atoms with E-state index in [1.165, 1.54) is 36.2 Å². The van der Waals surface area contributed by atoms with Gasteiger partial charge in [-0.2, -0.15) is 13.2 Å². The number of anilines is 1. The van der Waals surface area contributed by atoms with Crippen LogP contribution in [0.4, 0.5) is 23.7 Å². The lowest BCUT2D eigenvalue weighted by Crippen LogP contribution is -2.41. The number of hydrogen-bond donors (Lipinski definition) is 1. The van der Waals surface area contributed by atoms with Crippen LogP contribution in [0.25, 0.3) is 0 Å². The van der Waals surface area contributed by atoms with E-state index in [2.05, 4.69) is 10.3 Å². The molecular formula is C22H16Cl2F3N3O3. The molecule has 0 atom stereocenters. The van der Waals surface area contributed by atoms with E-state index in [1.54, 1.807) is 25.1 Å². The summed E-state index contributed by atoms with van der Waals surface area (Å²) in [5.74, 6) is -0.581. The van der Waals surface area contributed by atoms with Crippen LogP contribution in [-0.2, 0) is 6.18 Å². The smallest absolute Gasteiger partial charge is 0.417 e. The summed E-state index contributed by atoms with van der Waals surface area (Å²) in [5.41, 5.74) is 0.130. The van der Waals surface area contributed by atoms with Crippen LogP contribution >= 0.6 is 23.2 Å². The minimum Gasteiger partial charge on any atom is -0.437 e. The van der Waals surface area contributed by atoms with Gasteiger partial charge in [-0.1, -0.05) is 35.3 Å². The Labute approximate surface area is 196 Å². The summed E-state index contributed by atoms with van der Waals surface area (Å²) >= 11 is 11.9. The van der Waals surface area contributed by atoms with E-state index in [0.717, 1.165) is 6.07 Å². The van der Waals surface area contributed by atoms with Crippen molar-refractivity contribution >= 4 is 40.8 Å². The summed E-state index contributed by atoms with van der Waals surface area (Å²) in [6.45, 7) is 1.66. The number of carbonyl (C=O) groups is 2. The number of hydrogen-bond acceptors (Lipinski definition) is 4. The Hall–Kier alpha value is -3.30. The minimum atomic E-state index is -4.58. The summed E-state index contributed by atoms with van der Waals surface area (Å²) in [6.07, 6.45) is -3.95. The minimum absolute atomic E-state index is 0.154. The zero-order chi connectivity index (χ0) is 24.3. The van der Waals surface area contributed by atoms with Crippen molar-refractivity contribution in [1.29, 1.82) is 0 Å². The molecule has 0 spiro atoms. The fourth-order valence-electron chi connectivity index (χ4n) is 2.73. The van der Waals surface area contributed by atoms with Crippen LogP contribution in [-0.4, -0.2) is 24.0 Å². The summed E-state index contributed by atoms with van der Waals surface area (Å²) < 4.78 is 43.8. The van der Waals surface area contributed by atoms with Crippen LogP contribution in [0.15, 0.2) is 54.7 Å². The molecule has 2 aromatic carbocycles. The average molecular weight is 498 g/mol. The van der Waals surface area contributed by atoms with Gasteiger partial charge in [-0.3, -0.25) is 15.0 Å². The number of nitrogens with one attached hydrogen (secondary N) is 1. The first-order valence-electron chi connectivity index (χ1n) is 9.32. The maximum atomic E-state index is 12.8. The first kappa shape index (κ1) is 24.3. The molecule has 0 unspecified atom stereocenters. The largest absolute Gasteiger partial charge is 0.437 e. The molecule has 1 heterocycles. The highest BCUT2D eigenvalue weighted by Gasteiger charge is 2.32. The fraction of sp³-hybridized carbons (Fsp3) is 0.136. The van der Waals surface area contributed by atoms with E-state index in [0.29, 0.717) is 17.4 Å². The van der Waals surface area contributed by atoms with Crippen LogP contribution in [0.5, 0.6) is 11.6 Å². The van der Waals surface area contributed by atoms with Crippen molar-refractivity contribution in [2.45, 2.75) is 13.1 Å². The number of aromatic nitrogens is 1. The number of urea groups is 1. The number of pyridine rings is 1. The highest BCUT2D eigenvalue weighted by molar-refractivity contribution is 6.34. The number of alkyl halides is 3. The van der Waals surface area contributed by atoms with E-state index >= 15 is 0 Å². The number of carbonyl (C=O) groups excluding carboxylic acids is 2. The Bertz CT molecular complexity index is 1220. The van der Waals surface area contributed by atoms with Gasteiger partial charge in [-0.05, 0) is 48.9 Å². The predicted octanol–water partition coefficient (Wildman–Crippen LogP) is 6.49. The molecule has 0 bridgehead atoms. The molecular weight excluding hydrogens is 482 g/mol. The Morgan fingerprint density at radius 3 is 2.36 bits per heavy atom. The van der Waals surface area contributed by atoms with Gasteiger partial charge in [0.1, 0.15) is 10.8 Å². The molecule has 0 saturated heterocycles. The normalized spacial score (nSPS) is 11.1.